The van der Waals surface area contributed by atoms with Crippen LogP contribution in [-0.4, -0.2) is 27.9 Å². The Hall–Kier alpha value is -1.49. The van der Waals surface area contributed by atoms with Crippen molar-refractivity contribution >= 4 is 0 Å². The van der Waals surface area contributed by atoms with Gasteiger partial charge in [-0.2, -0.15) is 0 Å². The van der Waals surface area contributed by atoms with Gasteiger partial charge < -0.3 is 15.4 Å². The first-order valence-corrected chi connectivity index (χ1v) is 4.50. The van der Waals surface area contributed by atoms with Crippen molar-refractivity contribution in [2.75, 3.05) is 6.54 Å². The maximum absolute atomic E-state index is 11.7. The van der Waals surface area contributed by atoms with E-state index in [2.05, 4.69) is 10.0 Å². The first kappa shape index (κ1) is 11.6. The van der Waals surface area contributed by atoms with Crippen LogP contribution in [0.25, 0.3) is 10.4 Å². The van der Waals surface area contributed by atoms with Crippen molar-refractivity contribution in [2.24, 2.45) is 5.11 Å². The molecule has 1 aliphatic rings. The summed E-state index contributed by atoms with van der Waals surface area (Å²) in [5.41, 5.74) is 5.75. The van der Waals surface area contributed by atoms with Crippen LogP contribution < -0.4 is 0 Å². The molecule has 15 heavy (non-hydrogen) atoms. The van der Waals surface area contributed by atoms with Gasteiger partial charge in [0.05, 0.1) is 17.7 Å². The summed E-state index contributed by atoms with van der Waals surface area (Å²) in [6.45, 7) is 2.90. The van der Waals surface area contributed by atoms with Gasteiger partial charge in [-0.15, -0.1) is 0 Å². The highest BCUT2D eigenvalue weighted by molar-refractivity contribution is 5.26. The number of azide groups is 1. The fraction of sp³-hybridized carbons (Fsp3) is 0.556. The first-order chi connectivity index (χ1) is 6.94. The molecule has 0 saturated carbocycles. The normalized spacial score (nSPS) is 25.2. The van der Waals surface area contributed by atoms with E-state index < -0.39 is 11.1 Å². The molecule has 0 amide bonds. The van der Waals surface area contributed by atoms with Crippen molar-refractivity contribution in [2.45, 2.75) is 25.0 Å². The van der Waals surface area contributed by atoms with E-state index in [1.807, 2.05) is 0 Å². The van der Waals surface area contributed by atoms with Crippen molar-refractivity contribution in [1.29, 1.82) is 0 Å². The van der Waals surface area contributed by atoms with Gasteiger partial charge in [0.25, 0.3) is 0 Å². The summed E-state index contributed by atoms with van der Waals surface area (Å²) in [4.78, 5) is 2.61. The maximum atomic E-state index is 11.7. The third-order valence-electron chi connectivity index (χ3n) is 2.53. The van der Waals surface area contributed by atoms with Gasteiger partial charge >= 0.3 is 0 Å². The molecular weight excluding hydrogens is 196 g/mol. The van der Waals surface area contributed by atoms with Gasteiger partial charge in [0.15, 0.2) is 0 Å². The van der Waals surface area contributed by atoms with Crippen LogP contribution in [0.4, 0.5) is 0 Å². The predicted octanol–water partition coefficient (Wildman–Crippen LogP) is 1.69. The molecule has 0 fully saturated rings. The Bertz CT molecular complexity index is 339. The standard InChI is InChI=1S/C9H13N4O2/c1-8(2,14)9(7-11-12-10)5-3-4-6-13(9)15/h3-6,14H,7H2,1-2H3/q-1. The van der Waals surface area contributed by atoms with Gasteiger partial charge in [0.2, 0.25) is 0 Å². The zero-order valence-corrected chi connectivity index (χ0v) is 8.66. The van der Waals surface area contributed by atoms with E-state index in [0.717, 1.165) is 0 Å². The molecule has 0 radical (unpaired) electrons. The number of allylic oxidation sites excluding steroid dienone is 2. The molecule has 1 unspecified atom stereocenters. The average Bonchev–Trinajstić information content (AvgIpc) is 2.15. The van der Waals surface area contributed by atoms with Crippen LogP contribution in [0, 0.1) is 5.21 Å². The van der Waals surface area contributed by atoms with E-state index in [0.29, 0.717) is 5.06 Å². The number of hydrogen-bond donors (Lipinski definition) is 1. The van der Waals surface area contributed by atoms with Crippen molar-refractivity contribution in [1.82, 2.24) is 5.06 Å². The first-order valence-electron chi connectivity index (χ1n) is 4.50. The van der Waals surface area contributed by atoms with Crippen LogP contribution in [0.1, 0.15) is 13.8 Å². The van der Waals surface area contributed by atoms with Crippen LogP contribution in [0.5, 0.6) is 0 Å². The molecule has 1 rings (SSSR count). The van der Waals surface area contributed by atoms with Gasteiger partial charge in [-0.05, 0) is 31.7 Å². The fourth-order valence-electron chi connectivity index (χ4n) is 1.48. The Morgan fingerprint density at radius 2 is 2.27 bits per heavy atom. The fourth-order valence-corrected chi connectivity index (χ4v) is 1.48. The van der Waals surface area contributed by atoms with Gasteiger partial charge in [0.1, 0.15) is 0 Å². The van der Waals surface area contributed by atoms with Gasteiger partial charge in [-0.1, -0.05) is 17.3 Å². The average molecular weight is 209 g/mol. The Morgan fingerprint density at radius 1 is 1.60 bits per heavy atom. The lowest BCUT2D eigenvalue weighted by Crippen LogP contribution is -2.59. The predicted molar refractivity (Wildman–Crippen MR) is 56.5 cm³/mol. The number of aliphatic hydroxyl groups is 1. The van der Waals surface area contributed by atoms with Crippen molar-refractivity contribution in [3.8, 4) is 0 Å². The molecule has 1 N–H and O–H groups in total. The van der Waals surface area contributed by atoms with E-state index in [-0.39, 0.29) is 6.54 Å². The summed E-state index contributed by atoms with van der Waals surface area (Å²) in [6, 6.07) is 0. The lowest BCUT2D eigenvalue weighted by atomic mass is 9.80. The van der Waals surface area contributed by atoms with Gasteiger partial charge in [0, 0.05) is 4.91 Å². The molecule has 82 valence electrons. The summed E-state index contributed by atoms with van der Waals surface area (Å²) in [5, 5.41) is 25.7. The molecule has 6 heteroatoms. The minimum Gasteiger partial charge on any atom is -0.758 e. The number of hydroxylamine groups is 2. The summed E-state index contributed by atoms with van der Waals surface area (Å²) < 4.78 is 0. The molecule has 0 spiro atoms. The topological polar surface area (TPSA) is 95.3 Å². The molecule has 0 aromatic carbocycles. The SMILES string of the molecule is CC(C)(O)C1(CN=[N+]=[N-])C=CC=CN1[O-]. The smallest absolute Gasteiger partial charge is 0.0852 e. The highest BCUT2D eigenvalue weighted by atomic mass is 16.5. The van der Waals surface area contributed by atoms with Crippen LogP contribution in [0.15, 0.2) is 29.5 Å². The van der Waals surface area contributed by atoms with Crippen molar-refractivity contribution in [3.63, 3.8) is 0 Å². The summed E-state index contributed by atoms with van der Waals surface area (Å²) in [7, 11) is 0. The third-order valence-corrected chi connectivity index (χ3v) is 2.53. The van der Waals surface area contributed by atoms with E-state index in [9.17, 15) is 10.3 Å². The van der Waals surface area contributed by atoms with Crippen LogP contribution in [0.3, 0.4) is 0 Å². The lowest BCUT2D eigenvalue weighted by molar-refractivity contribution is -0.0282. The monoisotopic (exact) mass is 209 g/mol. The number of nitrogens with zero attached hydrogens (tertiary/aromatic N) is 4. The van der Waals surface area contributed by atoms with E-state index in [1.54, 1.807) is 18.2 Å². The molecule has 1 aliphatic heterocycles. The van der Waals surface area contributed by atoms with Crippen LogP contribution >= 0.6 is 0 Å². The number of hydrogen-bond acceptors (Lipinski definition) is 4. The third kappa shape index (κ3) is 1.97. The highest BCUT2D eigenvalue weighted by Gasteiger charge is 2.42. The van der Waals surface area contributed by atoms with Crippen LogP contribution in [-0.2, 0) is 0 Å². The van der Waals surface area contributed by atoms with E-state index in [4.69, 9.17) is 5.53 Å². The molecule has 1 heterocycles. The minimum absolute atomic E-state index is 0.114. The zero-order valence-electron chi connectivity index (χ0n) is 8.66. The number of rotatable bonds is 3. The second-order valence-electron chi connectivity index (χ2n) is 3.90. The molecule has 0 bridgehead atoms. The largest absolute Gasteiger partial charge is 0.758 e. The Kier molecular flexibility index (Phi) is 3.04. The molecule has 6 nitrogen and oxygen atoms in total. The van der Waals surface area contributed by atoms with Gasteiger partial charge in [-0.3, -0.25) is 0 Å². The molecule has 0 aliphatic carbocycles. The summed E-state index contributed by atoms with van der Waals surface area (Å²) in [6.07, 6.45) is 6.06. The Labute approximate surface area is 87.7 Å². The molecule has 0 aromatic rings. The van der Waals surface area contributed by atoms with Crippen LogP contribution in [0.2, 0.25) is 0 Å². The zero-order chi connectivity index (χ0) is 11.5. The molecular formula is C9H13N4O2-. The van der Waals surface area contributed by atoms with Gasteiger partial charge in [-0.25, -0.2) is 0 Å². The quantitative estimate of drug-likeness (QED) is 0.435. The second kappa shape index (κ2) is 3.94. The highest BCUT2D eigenvalue weighted by Crippen LogP contribution is 2.32. The van der Waals surface area contributed by atoms with E-state index in [1.165, 1.54) is 20.0 Å². The van der Waals surface area contributed by atoms with E-state index >= 15 is 0 Å². The van der Waals surface area contributed by atoms with Crippen molar-refractivity contribution < 1.29 is 5.11 Å². The second-order valence-corrected chi connectivity index (χ2v) is 3.90. The molecule has 0 saturated heterocycles. The molecule has 0 aromatic heterocycles. The summed E-state index contributed by atoms with van der Waals surface area (Å²) in [5.74, 6) is 0. The maximum Gasteiger partial charge on any atom is 0.0852 e. The Balaban J connectivity index is 3.12. The minimum atomic E-state index is -1.30. The summed E-state index contributed by atoms with van der Waals surface area (Å²) >= 11 is 0. The molecule has 1 atom stereocenters. The van der Waals surface area contributed by atoms with Crippen molar-refractivity contribution in [3.05, 3.63) is 40.1 Å². The Morgan fingerprint density at radius 3 is 2.73 bits per heavy atom. The lowest BCUT2D eigenvalue weighted by Gasteiger charge is -2.53.